The van der Waals surface area contributed by atoms with Crippen LogP contribution in [0.2, 0.25) is 0 Å². The minimum absolute atomic E-state index is 0.0168. The summed E-state index contributed by atoms with van der Waals surface area (Å²) in [7, 11) is 0. The predicted molar refractivity (Wildman–Crippen MR) is 94.5 cm³/mol. The van der Waals surface area contributed by atoms with E-state index in [1.54, 1.807) is 23.2 Å². The number of anilines is 1. The molecule has 3 rings (SSSR count). The lowest BCUT2D eigenvalue weighted by atomic mass is 10.1. The van der Waals surface area contributed by atoms with Crippen molar-refractivity contribution in [1.29, 1.82) is 0 Å². The van der Waals surface area contributed by atoms with E-state index in [4.69, 9.17) is 4.74 Å². The number of aryl methyl sites for hydroxylation is 1. The molecule has 1 aliphatic heterocycles. The second kappa shape index (κ2) is 7.90. The average Bonchev–Trinajstić information content (AvgIpc) is 2.68. The number of morpholine rings is 1. The first kappa shape index (κ1) is 17.1. The molecule has 1 saturated heterocycles. The van der Waals surface area contributed by atoms with Gasteiger partial charge < -0.3 is 15.0 Å². The first-order chi connectivity index (χ1) is 12.2. The van der Waals surface area contributed by atoms with E-state index in [1.807, 2.05) is 24.3 Å². The summed E-state index contributed by atoms with van der Waals surface area (Å²) < 4.78 is 5.55. The molecular formula is C19H21N3O3. The van der Waals surface area contributed by atoms with Crippen molar-refractivity contribution in [3.8, 4) is 0 Å². The van der Waals surface area contributed by atoms with Crippen molar-refractivity contribution < 1.29 is 14.3 Å². The van der Waals surface area contributed by atoms with Crippen LogP contribution in [0.1, 0.15) is 22.8 Å². The number of hydrogen-bond donors (Lipinski definition) is 1. The second-order valence-corrected chi connectivity index (χ2v) is 5.91. The number of nitrogens with zero attached hydrogens (tertiary/aromatic N) is 2. The first-order valence-electron chi connectivity index (χ1n) is 8.36. The van der Waals surface area contributed by atoms with E-state index in [-0.39, 0.29) is 24.5 Å². The number of ether oxygens (including phenoxy) is 1. The zero-order valence-corrected chi connectivity index (χ0v) is 14.1. The number of carbonyl (C=O) groups is 2. The lowest BCUT2D eigenvalue weighted by Crippen LogP contribution is -2.50. The van der Waals surface area contributed by atoms with Gasteiger partial charge in [-0.15, -0.1) is 0 Å². The highest BCUT2D eigenvalue weighted by molar-refractivity contribution is 5.95. The van der Waals surface area contributed by atoms with Gasteiger partial charge in [-0.1, -0.05) is 19.1 Å². The summed E-state index contributed by atoms with van der Waals surface area (Å²) in [6.07, 6.45) is 3.85. The Morgan fingerprint density at radius 3 is 2.80 bits per heavy atom. The minimum Gasteiger partial charge on any atom is -0.365 e. The third-order valence-corrected chi connectivity index (χ3v) is 4.20. The minimum atomic E-state index is -0.246. The van der Waals surface area contributed by atoms with Crippen LogP contribution in [0.5, 0.6) is 0 Å². The molecule has 0 saturated carbocycles. The summed E-state index contributed by atoms with van der Waals surface area (Å²) in [6.45, 7) is 2.86. The smallest absolute Gasteiger partial charge is 0.253 e. The number of rotatable bonds is 5. The number of carbonyl (C=O) groups excluding carboxylic acids is 2. The Hall–Kier alpha value is -2.73. The normalized spacial score (nSPS) is 17.4. The molecule has 2 heterocycles. The largest absolute Gasteiger partial charge is 0.365 e. The molecule has 1 aliphatic rings. The van der Waals surface area contributed by atoms with E-state index in [9.17, 15) is 9.59 Å². The summed E-state index contributed by atoms with van der Waals surface area (Å²) in [5, 5.41) is 2.83. The molecule has 0 spiro atoms. The third-order valence-electron chi connectivity index (χ3n) is 4.20. The van der Waals surface area contributed by atoms with Crippen molar-refractivity contribution in [3.63, 3.8) is 0 Å². The van der Waals surface area contributed by atoms with Gasteiger partial charge in [0.15, 0.2) is 0 Å². The Morgan fingerprint density at radius 1 is 1.32 bits per heavy atom. The first-order valence-corrected chi connectivity index (χ1v) is 8.36. The van der Waals surface area contributed by atoms with Crippen LogP contribution in [0.3, 0.4) is 0 Å². The molecule has 1 atom stereocenters. The van der Waals surface area contributed by atoms with Gasteiger partial charge in [0.1, 0.15) is 6.61 Å². The summed E-state index contributed by atoms with van der Waals surface area (Å²) in [4.78, 5) is 29.9. The standard InChI is InChI=1S/C19H21N3O3/c1-2-14-5-7-16(8-6-14)22-12-17(25-13-18(22)23)11-21-19(24)15-4-3-9-20-10-15/h3-10,17H,2,11-13H2,1H3,(H,21,24). The van der Waals surface area contributed by atoms with Gasteiger partial charge >= 0.3 is 0 Å². The van der Waals surface area contributed by atoms with Crippen molar-refractivity contribution in [2.75, 3.05) is 24.6 Å². The Labute approximate surface area is 146 Å². The van der Waals surface area contributed by atoms with Gasteiger partial charge in [-0.2, -0.15) is 0 Å². The van der Waals surface area contributed by atoms with Gasteiger partial charge in [0.05, 0.1) is 18.2 Å². The van der Waals surface area contributed by atoms with Gasteiger partial charge in [-0.25, -0.2) is 0 Å². The van der Waals surface area contributed by atoms with Crippen molar-refractivity contribution in [1.82, 2.24) is 10.3 Å². The Bertz CT molecular complexity index is 731. The molecule has 1 N–H and O–H groups in total. The van der Waals surface area contributed by atoms with Crippen LogP contribution in [0.25, 0.3) is 0 Å². The molecule has 1 unspecified atom stereocenters. The lowest BCUT2D eigenvalue weighted by Gasteiger charge is -2.33. The summed E-state index contributed by atoms with van der Waals surface area (Å²) in [6, 6.07) is 11.4. The van der Waals surface area contributed by atoms with E-state index in [2.05, 4.69) is 17.2 Å². The Balaban J connectivity index is 1.60. The van der Waals surface area contributed by atoms with Crippen LogP contribution in [0.15, 0.2) is 48.8 Å². The van der Waals surface area contributed by atoms with Crippen LogP contribution in [-0.4, -0.2) is 42.6 Å². The molecule has 1 aromatic carbocycles. The molecule has 1 aromatic heterocycles. The van der Waals surface area contributed by atoms with E-state index >= 15 is 0 Å². The zero-order valence-electron chi connectivity index (χ0n) is 14.1. The van der Waals surface area contributed by atoms with Crippen molar-refractivity contribution in [2.45, 2.75) is 19.4 Å². The molecule has 2 amide bonds. The predicted octanol–water partition coefficient (Wildman–Crippen LogP) is 1.81. The molecule has 1 fully saturated rings. The molecule has 6 nitrogen and oxygen atoms in total. The third kappa shape index (κ3) is 4.22. The topological polar surface area (TPSA) is 71.5 Å². The van der Waals surface area contributed by atoms with E-state index < -0.39 is 0 Å². The lowest BCUT2D eigenvalue weighted by molar-refractivity contribution is -0.129. The highest BCUT2D eigenvalue weighted by Crippen LogP contribution is 2.19. The maximum absolute atomic E-state index is 12.2. The molecule has 25 heavy (non-hydrogen) atoms. The second-order valence-electron chi connectivity index (χ2n) is 5.91. The monoisotopic (exact) mass is 339 g/mol. The number of benzene rings is 1. The van der Waals surface area contributed by atoms with E-state index in [0.29, 0.717) is 18.7 Å². The summed E-state index contributed by atoms with van der Waals surface area (Å²) >= 11 is 0. The van der Waals surface area contributed by atoms with Crippen molar-refractivity contribution in [2.24, 2.45) is 0 Å². The number of amides is 2. The highest BCUT2D eigenvalue weighted by atomic mass is 16.5. The van der Waals surface area contributed by atoms with Crippen molar-refractivity contribution >= 4 is 17.5 Å². The highest BCUT2D eigenvalue weighted by Gasteiger charge is 2.27. The molecule has 0 aliphatic carbocycles. The van der Waals surface area contributed by atoms with Crippen LogP contribution in [0, 0.1) is 0 Å². The number of nitrogens with one attached hydrogen (secondary N) is 1. The van der Waals surface area contributed by atoms with Crippen LogP contribution in [0.4, 0.5) is 5.69 Å². The molecule has 130 valence electrons. The molecule has 0 bridgehead atoms. The summed E-state index contributed by atoms with van der Waals surface area (Å²) in [5.41, 5.74) is 2.58. The zero-order chi connectivity index (χ0) is 17.6. The SMILES string of the molecule is CCc1ccc(N2CC(CNC(=O)c3cccnc3)OCC2=O)cc1. The number of hydrogen-bond acceptors (Lipinski definition) is 4. The molecule has 2 aromatic rings. The van der Waals surface area contributed by atoms with Crippen molar-refractivity contribution in [3.05, 3.63) is 59.9 Å². The van der Waals surface area contributed by atoms with Gasteiger partial charge in [0.25, 0.3) is 11.8 Å². The fraction of sp³-hybridized carbons (Fsp3) is 0.316. The van der Waals surface area contributed by atoms with Gasteiger partial charge in [0.2, 0.25) is 0 Å². The van der Waals surface area contributed by atoms with Crippen LogP contribution < -0.4 is 10.2 Å². The van der Waals surface area contributed by atoms with Crippen LogP contribution in [-0.2, 0) is 16.0 Å². The summed E-state index contributed by atoms with van der Waals surface area (Å²) in [5.74, 6) is -0.272. The fourth-order valence-electron chi connectivity index (χ4n) is 2.72. The Morgan fingerprint density at radius 2 is 2.12 bits per heavy atom. The fourth-order valence-corrected chi connectivity index (χ4v) is 2.72. The van der Waals surface area contributed by atoms with Crippen LogP contribution >= 0.6 is 0 Å². The average molecular weight is 339 g/mol. The number of aromatic nitrogens is 1. The quantitative estimate of drug-likeness (QED) is 0.902. The molecule has 0 radical (unpaired) electrons. The maximum atomic E-state index is 12.2. The molecular weight excluding hydrogens is 318 g/mol. The van der Waals surface area contributed by atoms with E-state index in [0.717, 1.165) is 12.1 Å². The van der Waals surface area contributed by atoms with Gasteiger partial charge in [0, 0.05) is 24.6 Å². The Kier molecular flexibility index (Phi) is 5.40. The van der Waals surface area contributed by atoms with Gasteiger partial charge in [-0.3, -0.25) is 14.6 Å². The molecule has 6 heteroatoms. The van der Waals surface area contributed by atoms with E-state index in [1.165, 1.54) is 11.8 Å². The number of pyridine rings is 1. The van der Waals surface area contributed by atoms with Gasteiger partial charge in [-0.05, 0) is 36.2 Å². The maximum Gasteiger partial charge on any atom is 0.253 e.